The normalized spacial score (nSPS) is 15.8. The number of aromatic nitrogens is 1. The van der Waals surface area contributed by atoms with Gasteiger partial charge >= 0.3 is 0 Å². The second kappa shape index (κ2) is 10.4. The summed E-state index contributed by atoms with van der Waals surface area (Å²) in [4.78, 5) is 16.5. The molecule has 0 saturated carbocycles. The number of benzene rings is 1. The van der Waals surface area contributed by atoms with Crippen LogP contribution in [0, 0.1) is 17.7 Å². The van der Waals surface area contributed by atoms with Gasteiger partial charge in [0, 0.05) is 24.9 Å². The van der Waals surface area contributed by atoms with E-state index < -0.39 is 0 Å². The van der Waals surface area contributed by atoms with Gasteiger partial charge in [-0.3, -0.25) is 4.79 Å². The van der Waals surface area contributed by atoms with Crippen LogP contribution in [0.1, 0.15) is 31.9 Å². The number of nitrogens with one attached hydrogen (secondary N) is 2. The summed E-state index contributed by atoms with van der Waals surface area (Å²) < 4.78 is 18.4. The molecule has 0 spiro atoms. The minimum atomic E-state index is -0.290. The standard InChI is InChI=1S/C20H26FN3O2.ClH/c1-14(15-6-9-22-10-7-15)12-19(25)23-11-8-18-13-26-20(24-18)16-2-4-17(21)5-3-16;/h2-5,13-15,22H,6-12H2,1H3,(H,23,25);1H. The third-order valence-electron chi connectivity index (χ3n) is 5.04. The monoisotopic (exact) mass is 395 g/mol. The summed E-state index contributed by atoms with van der Waals surface area (Å²) in [6.07, 6.45) is 5.07. The minimum Gasteiger partial charge on any atom is -0.444 e. The van der Waals surface area contributed by atoms with E-state index in [0.717, 1.165) is 37.2 Å². The average Bonchev–Trinajstić information content (AvgIpc) is 3.12. The third kappa shape index (κ3) is 6.33. The molecule has 1 atom stereocenters. The van der Waals surface area contributed by atoms with E-state index in [1.165, 1.54) is 12.1 Å². The summed E-state index contributed by atoms with van der Waals surface area (Å²) in [5.74, 6) is 1.32. The molecule has 1 fully saturated rings. The van der Waals surface area contributed by atoms with E-state index >= 15 is 0 Å². The number of rotatable bonds is 7. The lowest BCUT2D eigenvalue weighted by Gasteiger charge is -2.27. The highest BCUT2D eigenvalue weighted by molar-refractivity contribution is 5.85. The Morgan fingerprint density at radius 1 is 1.33 bits per heavy atom. The number of piperidine rings is 1. The maximum absolute atomic E-state index is 13.0. The predicted octanol–water partition coefficient (Wildman–Crippen LogP) is 3.59. The van der Waals surface area contributed by atoms with Crippen molar-refractivity contribution in [2.45, 2.75) is 32.6 Å². The summed E-state index contributed by atoms with van der Waals surface area (Å²) >= 11 is 0. The highest BCUT2D eigenvalue weighted by Crippen LogP contribution is 2.24. The number of halogens is 2. The maximum Gasteiger partial charge on any atom is 0.226 e. The fourth-order valence-corrected chi connectivity index (χ4v) is 3.42. The molecule has 2 aromatic rings. The predicted molar refractivity (Wildman–Crippen MR) is 105 cm³/mol. The molecule has 7 heteroatoms. The molecule has 5 nitrogen and oxygen atoms in total. The van der Waals surface area contributed by atoms with Crippen LogP contribution in [0.3, 0.4) is 0 Å². The van der Waals surface area contributed by atoms with Gasteiger partial charge in [0.1, 0.15) is 12.1 Å². The lowest BCUT2D eigenvalue weighted by molar-refractivity contribution is -0.122. The lowest BCUT2D eigenvalue weighted by Crippen LogP contribution is -2.34. The first kappa shape index (κ1) is 21.4. The van der Waals surface area contributed by atoms with Crippen molar-refractivity contribution < 1.29 is 13.6 Å². The van der Waals surface area contributed by atoms with Gasteiger partial charge in [-0.2, -0.15) is 0 Å². The van der Waals surface area contributed by atoms with Gasteiger partial charge in [0.25, 0.3) is 0 Å². The van der Waals surface area contributed by atoms with Gasteiger partial charge < -0.3 is 15.1 Å². The summed E-state index contributed by atoms with van der Waals surface area (Å²) in [7, 11) is 0. The smallest absolute Gasteiger partial charge is 0.226 e. The molecule has 2 heterocycles. The largest absolute Gasteiger partial charge is 0.444 e. The second-order valence-electron chi connectivity index (χ2n) is 7.02. The number of carbonyl (C=O) groups excluding carboxylic acids is 1. The summed E-state index contributed by atoms with van der Waals surface area (Å²) in [6.45, 7) is 4.81. The topological polar surface area (TPSA) is 67.2 Å². The van der Waals surface area contributed by atoms with Crippen molar-refractivity contribution in [3.8, 4) is 11.5 Å². The Morgan fingerprint density at radius 2 is 2.04 bits per heavy atom. The molecule has 2 N–H and O–H groups in total. The zero-order valence-corrected chi connectivity index (χ0v) is 16.4. The van der Waals surface area contributed by atoms with Crippen LogP contribution in [0.15, 0.2) is 34.9 Å². The summed E-state index contributed by atoms with van der Waals surface area (Å²) in [6, 6.07) is 6.02. The molecule has 3 rings (SSSR count). The Kier molecular flexibility index (Phi) is 8.25. The molecule has 1 aromatic carbocycles. The van der Waals surface area contributed by atoms with Crippen LogP contribution in [0.25, 0.3) is 11.5 Å². The van der Waals surface area contributed by atoms with E-state index in [9.17, 15) is 9.18 Å². The van der Waals surface area contributed by atoms with E-state index in [2.05, 4.69) is 22.5 Å². The number of hydrogen-bond acceptors (Lipinski definition) is 4. The van der Waals surface area contributed by atoms with E-state index in [-0.39, 0.29) is 24.1 Å². The molecule has 0 aliphatic carbocycles. The third-order valence-corrected chi connectivity index (χ3v) is 5.04. The van der Waals surface area contributed by atoms with Gasteiger partial charge in [-0.05, 0) is 62.0 Å². The first-order chi connectivity index (χ1) is 12.6. The SMILES string of the molecule is CC(CC(=O)NCCc1coc(-c2ccc(F)cc2)n1)C1CCNCC1.Cl. The Morgan fingerprint density at radius 3 is 2.74 bits per heavy atom. The summed E-state index contributed by atoms with van der Waals surface area (Å²) in [5, 5.41) is 6.33. The Balaban J connectivity index is 0.00000261. The van der Waals surface area contributed by atoms with E-state index in [1.807, 2.05) is 0 Å². The molecule has 1 aromatic heterocycles. The van der Waals surface area contributed by atoms with Crippen molar-refractivity contribution in [2.75, 3.05) is 19.6 Å². The van der Waals surface area contributed by atoms with Gasteiger partial charge in [-0.1, -0.05) is 6.92 Å². The van der Waals surface area contributed by atoms with Crippen LogP contribution in [0.2, 0.25) is 0 Å². The van der Waals surface area contributed by atoms with Crippen LogP contribution in [-0.4, -0.2) is 30.5 Å². The Labute approximate surface area is 165 Å². The van der Waals surface area contributed by atoms with Crippen molar-refractivity contribution in [2.24, 2.45) is 11.8 Å². The fraction of sp³-hybridized carbons (Fsp3) is 0.500. The number of amides is 1. The van der Waals surface area contributed by atoms with E-state index in [1.54, 1.807) is 18.4 Å². The first-order valence-corrected chi connectivity index (χ1v) is 9.29. The average molecular weight is 396 g/mol. The zero-order valence-electron chi connectivity index (χ0n) is 15.5. The molecule has 1 aliphatic heterocycles. The van der Waals surface area contributed by atoms with Crippen LogP contribution in [0.5, 0.6) is 0 Å². The molecule has 0 radical (unpaired) electrons. The van der Waals surface area contributed by atoms with Crippen LogP contribution in [-0.2, 0) is 11.2 Å². The first-order valence-electron chi connectivity index (χ1n) is 9.29. The molecule has 1 amide bonds. The minimum absolute atomic E-state index is 0. The fourth-order valence-electron chi connectivity index (χ4n) is 3.42. The molecule has 27 heavy (non-hydrogen) atoms. The van der Waals surface area contributed by atoms with E-state index in [4.69, 9.17) is 4.42 Å². The number of oxazole rings is 1. The molecule has 1 unspecified atom stereocenters. The van der Waals surface area contributed by atoms with Gasteiger partial charge in [0.05, 0.1) is 5.69 Å². The quantitative estimate of drug-likeness (QED) is 0.751. The van der Waals surface area contributed by atoms with Gasteiger partial charge in [-0.15, -0.1) is 12.4 Å². The van der Waals surface area contributed by atoms with Crippen LogP contribution in [0.4, 0.5) is 4.39 Å². The van der Waals surface area contributed by atoms with Gasteiger partial charge in [-0.25, -0.2) is 9.37 Å². The molecular weight excluding hydrogens is 369 g/mol. The highest BCUT2D eigenvalue weighted by Gasteiger charge is 2.21. The number of nitrogens with zero attached hydrogens (tertiary/aromatic N) is 1. The summed E-state index contributed by atoms with van der Waals surface area (Å²) in [5.41, 5.74) is 1.51. The van der Waals surface area contributed by atoms with Crippen molar-refractivity contribution in [3.05, 3.63) is 42.0 Å². The number of carbonyl (C=O) groups is 1. The van der Waals surface area contributed by atoms with Gasteiger partial charge in [0.15, 0.2) is 0 Å². The molecule has 0 bridgehead atoms. The zero-order chi connectivity index (χ0) is 18.4. The van der Waals surface area contributed by atoms with Crippen LogP contribution < -0.4 is 10.6 Å². The van der Waals surface area contributed by atoms with Crippen molar-refractivity contribution in [1.29, 1.82) is 0 Å². The van der Waals surface area contributed by atoms with Crippen molar-refractivity contribution in [1.82, 2.24) is 15.6 Å². The molecule has 1 saturated heterocycles. The lowest BCUT2D eigenvalue weighted by atomic mass is 9.84. The van der Waals surface area contributed by atoms with Crippen molar-refractivity contribution in [3.63, 3.8) is 0 Å². The van der Waals surface area contributed by atoms with E-state index in [0.29, 0.717) is 37.1 Å². The Hall–Kier alpha value is -1.92. The Bertz CT molecular complexity index is 714. The van der Waals surface area contributed by atoms with Crippen LogP contribution >= 0.6 is 12.4 Å². The number of hydrogen-bond donors (Lipinski definition) is 2. The maximum atomic E-state index is 13.0. The van der Waals surface area contributed by atoms with Crippen molar-refractivity contribution >= 4 is 18.3 Å². The van der Waals surface area contributed by atoms with Gasteiger partial charge in [0.2, 0.25) is 11.8 Å². The highest BCUT2D eigenvalue weighted by atomic mass is 35.5. The second-order valence-corrected chi connectivity index (χ2v) is 7.02. The molecular formula is C20H27ClFN3O2. The molecule has 148 valence electrons. The molecule has 1 aliphatic rings.